The standard InChI is InChI=1S/C8H16F2/c1-5-6-8(9,10)7(2,3)4/h5-6H2,1-4H3. The van der Waals surface area contributed by atoms with Gasteiger partial charge in [-0.1, -0.05) is 34.1 Å². The lowest BCUT2D eigenvalue weighted by atomic mass is 9.85. The topological polar surface area (TPSA) is 0 Å². The molecule has 0 aliphatic carbocycles. The summed E-state index contributed by atoms with van der Waals surface area (Å²) in [4.78, 5) is 0. The molecule has 0 N–H and O–H groups in total. The zero-order valence-corrected chi connectivity index (χ0v) is 7.17. The molecule has 0 spiro atoms. The van der Waals surface area contributed by atoms with Gasteiger partial charge >= 0.3 is 0 Å². The molecule has 0 heterocycles. The Hall–Kier alpha value is -0.140. The van der Waals surface area contributed by atoms with Gasteiger partial charge < -0.3 is 0 Å². The summed E-state index contributed by atoms with van der Waals surface area (Å²) in [5.74, 6) is -2.51. The van der Waals surface area contributed by atoms with Crippen LogP contribution in [0.15, 0.2) is 0 Å². The van der Waals surface area contributed by atoms with Crippen molar-refractivity contribution in [2.45, 2.75) is 46.5 Å². The van der Waals surface area contributed by atoms with Gasteiger partial charge in [0, 0.05) is 11.8 Å². The summed E-state index contributed by atoms with van der Waals surface area (Å²) in [7, 11) is 0. The lowest BCUT2D eigenvalue weighted by molar-refractivity contribution is -0.103. The van der Waals surface area contributed by atoms with Gasteiger partial charge in [0.2, 0.25) is 0 Å². The summed E-state index contributed by atoms with van der Waals surface area (Å²) >= 11 is 0. The van der Waals surface area contributed by atoms with Crippen LogP contribution < -0.4 is 0 Å². The molecule has 0 aromatic heterocycles. The molecule has 0 saturated heterocycles. The van der Waals surface area contributed by atoms with Crippen LogP contribution in [-0.2, 0) is 0 Å². The van der Waals surface area contributed by atoms with Crippen molar-refractivity contribution >= 4 is 0 Å². The Balaban J connectivity index is 4.10. The Labute approximate surface area is 61.6 Å². The van der Waals surface area contributed by atoms with E-state index in [0.29, 0.717) is 6.42 Å². The van der Waals surface area contributed by atoms with Crippen LogP contribution in [0, 0.1) is 5.41 Å². The Morgan fingerprint density at radius 3 is 1.60 bits per heavy atom. The van der Waals surface area contributed by atoms with Gasteiger partial charge in [-0.2, -0.15) is 0 Å². The van der Waals surface area contributed by atoms with E-state index in [1.165, 1.54) is 0 Å². The van der Waals surface area contributed by atoms with E-state index >= 15 is 0 Å². The lowest BCUT2D eigenvalue weighted by Crippen LogP contribution is -2.33. The molecular weight excluding hydrogens is 134 g/mol. The molecule has 0 fully saturated rings. The number of alkyl halides is 2. The van der Waals surface area contributed by atoms with Gasteiger partial charge in [0.05, 0.1) is 0 Å². The minimum Gasteiger partial charge on any atom is -0.206 e. The van der Waals surface area contributed by atoms with Gasteiger partial charge in [0.15, 0.2) is 0 Å². The van der Waals surface area contributed by atoms with Crippen molar-refractivity contribution in [2.75, 3.05) is 0 Å². The summed E-state index contributed by atoms with van der Waals surface area (Å²) in [6.07, 6.45) is 0.542. The highest BCUT2D eigenvalue weighted by atomic mass is 19.3. The van der Waals surface area contributed by atoms with E-state index in [9.17, 15) is 8.78 Å². The fraction of sp³-hybridized carbons (Fsp3) is 1.00. The molecule has 0 nitrogen and oxygen atoms in total. The highest BCUT2D eigenvalue weighted by molar-refractivity contribution is 4.80. The van der Waals surface area contributed by atoms with Crippen molar-refractivity contribution in [3.8, 4) is 0 Å². The van der Waals surface area contributed by atoms with Crippen LogP contribution >= 0.6 is 0 Å². The van der Waals surface area contributed by atoms with Crippen molar-refractivity contribution in [1.82, 2.24) is 0 Å². The first-order valence-corrected chi connectivity index (χ1v) is 3.69. The van der Waals surface area contributed by atoms with Crippen LogP contribution in [0.1, 0.15) is 40.5 Å². The predicted molar refractivity (Wildman–Crippen MR) is 39.3 cm³/mol. The third kappa shape index (κ3) is 2.24. The molecule has 0 amide bonds. The van der Waals surface area contributed by atoms with Crippen LogP contribution in [0.3, 0.4) is 0 Å². The second kappa shape index (κ2) is 2.85. The molecule has 62 valence electrons. The first-order chi connectivity index (χ1) is 4.31. The minimum atomic E-state index is -2.51. The van der Waals surface area contributed by atoms with Gasteiger partial charge in [0.25, 0.3) is 5.92 Å². The fourth-order valence-electron chi connectivity index (χ4n) is 0.689. The number of hydrogen-bond acceptors (Lipinski definition) is 0. The Morgan fingerprint density at radius 2 is 1.50 bits per heavy atom. The van der Waals surface area contributed by atoms with Gasteiger partial charge in [0.1, 0.15) is 0 Å². The maximum Gasteiger partial charge on any atom is 0.252 e. The average molecular weight is 150 g/mol. The number of hydrogen-bond donors (Lipinski definition) is 0. The maximum atomic E-state index is 12.9. The van der Waals surface area contributed by atoms with Crippen molar-refractivity contribution < 1.29 is 8.78 Å². The van der Waals surface area contributed by atoms with Crippen molar-refractivity contribution in [1.29, 1.82) is 0 Å². The zero-order chi connectivity index (χ0) is 8.41. The van der Waals surface area contributed by atoms with E-state index < -0.39 is 11.3 Å². The molecule has 0 bridgehead atoms. The molecule has 10 heavy (non-hydrogen) atoms. The number of halogens is 2. The largest absolute Gasteiger partial charge is 0.252 e. The van der Waals surface area contributed by atoms with E-state index in [0.717, 1.165) is 0 Å². The first-order valence-electron chi connectivity index (χ1n) is 3.69. The van der Waals surface area contributed by atoms with E-state index in [1.807, 2.05) is 0 Å². The van der Waals surface area contributed by atoms with E-state index in [-0.39, 0.29) is 6.42 Å². The van der Waals surface area contributed by atoms with Crippen LogP contribution in [0.4, 0.5) is 8.78 Å². The Morgan fingerprint density at radius 1 is 1.10 bits per heavy atom. The number of rotatable bonds is 2. The quantitative estimate of drug-likeness (QED) is 0.565. The molecule has 0 aromatic carbocycles. The van der Waals surface area contributed by atoms with E-state index in [2.05, 4.69) is 0 Å². The molecule has 0 aliphatic heterocycles. The summed E-state index contributed by atoms with van der Waals surface area (Å²) in [6.45, 7) is 6.49. The van der Waals surface area contributed by atoms with Gasteiger partial charge in [-0.05, 0) is 0 Å². The summed E-state index contributed by atoms with van der Waals surface area (Å²) in [5, 5.41) is 0. The average Bonchev–Trinajstić information content (AvgIpc) is 1.61. The molecule has 0 radical (unpaired) electrons. The van der Waals surface area contributed by atoms with Crippen LogP contribution in [0.2, 0.25) is 0 Å². The molecule has 2 heteroatoms. The van der Waals surface area contributed by atoms with Gasteiger partial charge in [-0.15, -0.1) is 0 Å². The monoisotopic (exact) mass is 150 g/mol. The predicted octanol–water partition coefficient (Wildman–Crippen LogP) is 3.47. The molecular formula is C8H16F2. The Kier molecular flexibility index (Phi) is 2.81. The van der Waals surface area contributed by atoms with Crippen molar-refractivity contribution in [2.24, 2.45) is 5.41 Å². The third-order valence-corrected chi connectivity index (χ3v) is 1.66. The first kappa shape index (κ1) is 9.86. The molecule has 0 aliphatic rings. The summed E-state index contributed by atoms with van der Waals surface area (Å²) in [6, 6.07) is 0. The molecule has 0 unspecified atom stereocenters. The van der Waals surface area contributed by atoms with Gasteiger partial charge in [-0.25, -0.2) is 8.78 Å². The molecule has 0 aromatic rings. The SMILES string of the molecule is CCCC(F)(F)C(C)(C)C. The van der Waals surface area contributed by atoms with Crippen LogP contribution in [0.5, 0.6) is 0 Å². The molecule has 0 saturated carbocycles. The highest BCUT2D eigenvalue weighted by Crippen LogP contribution is 2.38. The summed E-state index contributed by atoms with van der Waals surface area (Å²) in [5.41, 5.74) is -0.886. The van der Waals surface area contributed by atoms with E-state index in [4.69, 9.17) is 0 Å². The van der Waals surface area contributed by atoms with Crippen LogP contribution in [0.25, 0.3) is 0 Å². The normalized spacial score (nSPS) is 13.8. The van der Waals surface area contributed by atoms with Crippen LogP contribution in [-0.4, -0.2) is 5.92 Å². The fourth-order valence-corrected chi connectivity index (χ4v) is 0.689. The third-order valence-electron chi connectivity index (χ3n) is 1.66. The second-order valence-electron chi connectivity index (χ2n) is 3.70. The second-order valence-corrected chi connectivity index (χ2v) is 3.70. The smallest absolute Gasteiger partial charge is 0.206 e. The summed E-state index contributed by atoms with van der Waals surface area (Å²) < 4.78 is 25.9. The van der Waals surface area contributed by atoms with Crippen molar-refractivity contribution in [3.63, 3.8) is 0 Å². The lowest BCUT2D eigenvalue weighted by Gasteiger charge is -2.29. The minimum absolute atomic E-state index is 0.00347. The maximum absolute atomic E-state index is 12.9. The molecule has 0 rings (SSSR count). The highest BCUT2D eigenvalue weighted by Gasteiger charge is 2.41. The van der Waals surface area contributed by atoms with Crippen molar-refractivity contribution in [3.05, 3.63) is 0 Å². The van der Waals surface area contributed by atoms with Gasteiger partial charge in [-0.3, -0.25) is 0 Å². The molecule has 0 atom stereocenters. The zero-order valence-electron chi connectivity index (χ0n) is 7.17. The Bertz CT molecular complexity index is 100. The van der Waals surface area contributed by atoms with E-state index in [1.54, 1.807) is 27.7 Å².